The molecule has 0 heterocycles. The first-order valence-electron chi connectivity index (χ1n) is 5.93. The predicted octanol–water partition coefficient (Wildman–Crippen LogP) is 3.49. The number of ether oxygens (including phenoxy) is 1. The number of benzene rings is 1. The van der Waals surface area contributed by atoms with E-state index in [1.165, 1.54) is 0 Å². The topological polar surface area (TPSA) is 46.5 Å². The van der Waals surface area contributed by atoms with Gasteiger partial charge in [0.2, 0.25) is 0 Å². The first-order valence-corrected chi connectivity index (χ1v) is 5.93. The molecule has 0 amide bonds. The largest absolute Gasteiger partial charge is 0.488 e. The van der Waals surface area contributed by atoms with E-state index < -0.39 is 23.4 Å². The molecule has 3 nitrogen and oxygen atoms in total. The van der Waals surface area contributed by atoms with Crippen LogP contribution in [0.2, 0.25) is 0 Å². The van der Waals surface area contributed by atoms with Gasteiger partial charge < -0.3 is 9.84 Å². The molecule has 0 atom stereocenters. The molecule has 0 saturated heterocycles. The van der Waals surface area contributed by atoms with Crippen LogP contribution in [-0.2, 0) is 4.79 Å². The van der Waals surface area contributed by atoms with Crippen LogP contribution in [0.15, 0.2) is 18.2 Å². The van der Waals surface area contributed by atoms with Crippen molar-refractivity contribution in [1.29, 1.82) is 0 Å². The molecule has 0 fully saturated rings. The molecular formula is C14H16F2O3. The number of carbonyl (C=O) groups is 1. The van der Waals surface area contributed by atoms with Crippen molar-refractivity contribution in [2.24, 2.45) is 5.92 Å². The highest BCUT2D eigenvalue weighted by molar-refractivity contribution is 5.85. The Morgan fingerprint density at radius 3 is 2.42 bits per heavy atom. The van der Waals surface area contributed by atoms with Gasteiger partial charge in [0.1, 0.15) is 0 Å². The fourth-order valence-corrected chi connectivity index (χ4v) is 1.38. The molecule has 0 saturated carbocycles. The van der Waals surface area contributed by atoms with Crippen molar-refractivity contribution in [2.45, 2.75) is 20.3 Å². The van der Waals surface area contributed by atoms with E-state index in [0.717, 1.165) is 24.3 Å². The second-order valence-electron chi connectivity index (χ2n) is 4.52. The van der Waals surface area contributed by atoms with Crippen LogP contribution in [0.25, 0.3) is 6.08 Å². The summed E-state index contributed by atoms with van der Waals surface area (Å²) in [6.45, 7) is 4.20. The summed E-state index contributed by atoms with van der Waals surface area (Å²) in [5.74, 6) is -2.90. The second kappa shape index (κ2) is 6.87. The lowest BCUT2D eigenvalue weighted by atomic mass is 10.1. The van der Waals surface area contributed by atoms with Gasteiger partial charge in [0, 0.05) is 6.08 Å². The lowest BCUT2D eigenvalue weighted by Gasteiger charge is -2.10. The third-order valence-electron chi connectivity index (χ3n) is 2.38. The summed E-state index contributed by atoms with van der Waals surface area (Å²) in [5, 5.41) is 8.44. The Kier molecular flexibility index (Phi) is 5.48. The van der Waals surface area contributed by atoms with Crippen molar-refractivity contribution in [3.05, 3.63) is 35.4 Å². The zero-order chi connectivity index (χ0) is 14.4. The Hall–Kier alpha value is -1.91. The van der Waals surface area contributed by atoms with Crippen molar-refractivity contribution >= 4 is 12.0 Å². The Balaban J connectivity index is 2.82. The van der Waals surface area contributed by atoms with Gasteiger partial charge in [-0.1, -0.05) is 13.8 Å². The average molecular weight is 270 g/mol. The lowest BCUT2D eigenvalue weighted by Crippen LogP contribution is -2.04. The third kappa shape index (κ3) is 5.07. The van der Waals surface area contributed by atoms with E-state index in [4.69, 9.17) is 9.84 Å². The molecule has 0 unspecified atom stereocenters. The molecule has 0 aromatic heterocycles. The zero-order valence-electron chi connectivity index (χ0n) is 10.8. The number of halogens is 2. The molecule has 0 aliphatic carbocycles. The first kappa shape index (κ1) is 15.1. The molecule has 1 aromatic rings. The van der Waals surface area contributed by atoms with Crippen molar-refractivity contribution in [2.75, 3.05) is 6.61 Å². The Morgan fingerprint density at radius 1 is 1.37 bits per heavy atom. The summed E-state index contributed by atoms with van der Waals surface area (Å²) in [7, 11) is 0. The predicted molar refractivity (Wildman–Crippen MR) is 68.0 cm³/mol. The summed E-state index contributed by atoms with van der Waals surface area (Å²) in [6, 6.07) is 2.07. The maximum atomic E-state index is 13.6. The standard InChI is InChI=1S/C14H16F2O3/c1-9(2)5-6-19-14-11(15)7-10(8-12(14)16)3-4-13(17)18/h3-4,7-9H,5-6H2,1-2H3,(H,17,18). The summed E-state index contributed by atoms with van der Waals surface area (Å²) in [5.41, 5.74) is 0.133. The average Bonchev–Trinajstić information content (AvgIpc) is 2.29. The van der Waals surface area contributed by atoms with Gasteiger partial charge >= 0.3 is 5.97 Å². The van der Waals surface area contributed by atoms with Gasteiger partial charge in [0.25, 0.3) is 0 Å². The number of rotatable bonds is 6. The van der Waals surface area contributed by atoms with E-state index >= 15 is 0 Å². The minimum absolute atomic E-state index is 0.133. The van der Waals surface area contributed by atoms with Crippen LogP contribution in [0.5, 0.6) is 5.75 Å². The fourth-order valence-electron chi connectivity index (χ4n) is 1.38. The third-order valence-corrected chi connectivity index (χ3v) is 2.38. The van der Waals surface area contributed by atoms with Crippen LogP contribution >= 0.6 is 0 Å². The Labute approximate surface area is 110 Å². The molecule has 5 heteroatoms. The Morgan fingerprint density at radius 2 is 1.95 bits per heavy atom. The van der Waals surface area contributed by atoms with Crippen molar-refractivity contribution in [1.82, 2.24) is 0 Å². The minimum Gasteiger partial charge on any atom is -0.488 e. The highest BCUT2D eigenvalue weighted by atomic mass is 19.1. The lowest BCUT2D eigenvalue weighted by molar-refractivity contribution is -0.131. The van der Waals surface area contributed by atoms with Crippen LogP contribution in [0, 0.1) is 17.6 Å². The molecule has 0 bridgehead atoms. The zero-order valence-corrected chi connectivity index (χ0v) is 10.8. The van der Waals surface area contributed by atoms with E-state index in [0.29, 0.717) is 12.3 Å². The molecule has 104 valence electrons. The Bertz CT molecular complexity index is 459. The highest BCUT2D eigenvalue weighted by Crippen LogP contribution is 2.24. The van der Waals surface area contributed by atoms with E-state index in [1.54, 1.807) is 0 Å². The highest BCUT2D eigenvalue weighted by Gasteiger charge is 2.12. The summed E-state index contributed by atoms with van der Waals surface area (Å²) in [6.07, 6.45) is 2.62. The van der Waals surface area contributed by atoms with E-state index in [1.807, 2.05) is 13.8 Å². The first-order chi connectivity index (χ1) is 8.90. The summed E-state index contributed by atoms with van der Waals surface area (Å²) in [4.78, 5) is 10.3. The van der Waals surface area contributed by atoms with Gasteiger partial charge in [0.15, 0.2) is 17.4 Å². The van der Waals surface area contributed by atoms with Crippen LogP contribution in [0.3, 0.4) is 0 Å². The van der Waals surface area contributed by atoms with Crippen molar-refractivity contribution in [3.8, 4) is 5.75 Å². The van der Waals surface area contributed by atoms with Gasteiger partial charge in [-0.2, -0.15) is 0 Å². The molecule has 0 aliphatic heterocycles. The van der Waals surface area contributed by atoms with Gasteiger partial charge in [-0.15, -0.1) is 0 Å². The molecular weight excluding hydrogens is 254 g/mol. The van der Waals surface area contributed by atoms with Gasteiger partial charge in [0.05, 0.1) is 6.61 Å². The fraction of sp³-hybridized carbons (Fsp3) is 0.357. The molecule has 0 aliphatic rings. The van der Waals surface area contributed by atoms with Gasteiger partial charge in [-0.05, 0) is 36.1 Å². The number of carboxylic acid groups (broad SMARTS) is 1. The van der Waals surface area contributed by atoms with Crippen molar-refractivity contribution < 1.29 is 23.4 Å². The number of hydrogen-bond donors (Lipinski definition) is 1. The van der Waals surface area contributed by atoms with Crippen LogP contribution in [0.1, 0.15) is 25.8 Å². The van der Waals surface area contributed by atoms with Gasteiger partial charge in [-0.25, -0.2) is 13.6 Å². The number of carboxylic acids is 1. The van der Waals surface area contributed by atoms with Crippen molar-refractivity contribution in [3.63, 3.8) is 0 Å². The smallest absolute Gasteiger partial charge is 0.328 e. The SMILES string of the molecule is CC(C)CCOc1c(F)cc(C=CC(=O)O)cc1F. The maximum absolute atomic E-state index is 13.6. The van der Waals surface area contributed by atoms with E-state index in [2.05, 4.69) is 0 Å². The van der Waals surface area contributed by atoms with Crippen LogP contribution in [0.4, 0.5) is 8.78 Å². The van der Waals surface area contributed by atoms with Gasteiger partial charge in [-0.3, -0.25) is 0 Å². The van der Waals surface area contributed by atoms with Crippen LogP contribution < -0.4 is 4.74 Å². The minimum atomic E-state index is -1.18. The molecule has 1 aromatic carbocycles. The maximum Gasteiger partial charge on any atom is 0.328 e. The number of hydrogen-bond acceptors (Lipinski definition) is 2. The quantitative estimate of drug-likeness (QED) is 0.805. The summed E-state index contributed by atoms with van der Waals surface area (Å²) < 4.78 is 32.3. The second-order valence-corrected chi connectivity index (χ2v) is 4.52. The molecule has 0 radical (unpaired) electrons. The molecule has 0 spiro atoms. The number of aliphatic carboxylic acids is 1. The molecule has 19 heavy (non-hydrogen) atoms. The molecule has 1 rings (SSSR count). The molecule has 1 N–H and O–H groups in total. The monoisotopic (exact) mass is 270 g/mol. The van der Waals surface area contributed by atoms with E-state index in [9.17, 15) is 13.6 Å². The van der Waals surface area contributed by atoms with Crippen LogP contribution in [-0.4, -0.2) is 17.7 Å². The normalized spacial score (nSPS) is 11.2. The van der Waals surface area contributed by atoms with E-state index in [-0.39, 0.29) is 12.2 Å². The summed E-state index contributed by atoms with van der Waals surface area (Å²) >= 11 is 0.